The Morgan fingerprint density at radius 2 is 0.712 bits per heavy atom. The molecule has 278 valence electrons. The molecule has 0 fully saturated rings. The summed E-state index contributed by atoms with van der Waals surface area (Å²) < 4.78 is 23.1. The Morgan fingerprint density at radius 3 is 1.06 bits per heavy atom. The fourth-order valence-corrected chi connectivity index (χ4v) is 5.50. The average Bonchev–Trinajstić information content (AvgIpc) is 3.16. The van der Waals surface area contributed by atoms with E-state index in [0.29, 0.717) is 48.9 Å². The Kier molecular flexibility index (Phi) is 19.2. The van der Waals surface area contributed by atoms with Crippen molar-refractivity contribution in [2.45, 2.75) is 77.0 Å². The van der Waals surface area contributed by atoms with Crippen LogP contribution in [0.25, 0.3) is 0 Å². The maximum Gasteiger partial charge on any atom is 0.128 e. The molecule has 0 amide bonds. The number of hydrogen-bond donors (Lipinski definition) is 2. The average molecular weight is 709 g/mol. The summed E-state index contributed by atoms with van der Waals surface area (Å²) in [6.45, 7) is 3.69. The highest BCUT2D eigenvalue weighted by molar-refractivity contribution is 5.84. The number of benzene rings is 4. The van der Waals surface area contributed by atoms with Crippen LogP contribution in [0.1, 0.15) is 88.2 Å². The number of aliphatic imine (C=N–C) groups is 2. The zero-order valence-corrected chi connectivity index (χ0v) is 30.5. The van der Waals surface area contributed by atoms with Gasteiger partial charge in [-0.05, 0) is 74.2 Å². The first-order valence-corrected chi connectivity index (χ1v) is 18.9. The molecule has 8 nitrogen and oxygen atoms in total. The lowest BCUT2D eigenvalue weighted by Crippen LogP contribution is -1.99. The van der Waals surface area contributed by atoms with Crippen LogP contribution in [0.3, 0.4) is 0 Å². The van der Waals surface area contributed by atoms with E-state index < -0.39 is 0 Å². The summed E-state index contributed by atoms with van der Waals surface area (Å²) in [6, 6.07) is 30.5. The summed E-state index contributed by atoms with van der Waals surface area (Å²) in [5, 5.41) is 20.8. The first-order valence-electron chi connectivity index (χ1n) is 18.9. The molecule has 0 aromatic heterocycles. The Bertz CT molecular complexity index is 1460. The third-order valence-electron chi connectivity index (χ3n) is 8.46. The maximum absolute atomic E-state index is 10.4. The third kappa shape index (κ3) is 16.8. The van der Waals surface area contributed by atoms with E-state index in [1.54, 1.807) is 24.6 Å². The molecule has 0 aliphatic carbocycles. The molecule has 0 radical (unpaired) electrons. The molecular weight excluding hydrogens is 652 g/mol. The second kappa shape index (κ2) is 25.1. The molecule has 0 bridgehead atoms. The van der Waals surface area contributed by atoms with Crippen molar-refractivity contribution in [1.82, 2.24) is 0 Å². The summed E-state index contributed by atoms with van der Waals surface area (Å²) in [4.78, 5) is 8.77. The molecule has 0 aliphatic rings. The fourth-order valence-electron chi connectivity index (χ4n) is 5.50. The van der Waals surface area contributed by atoms with Crippen LogP contribution < -0.4 is 18.9 Å². The van der Waals surface area contributed by atoms with Crippen LogP contribution >= 0.6 is 0 Å². The molecule has 0 unspecified atom stereocenters. The standard InChI is InChI=1S/C44H56N2O6/c47-43-33-41(51-31-17-7-3-1-5-15-29-49-39-19-11-9-12-20-39)25-23-37(43)35-45-27-28-46-36-38-24-26-42(34-44(38)48)52-32-18-8-4-2-6-16-30-50-40-21-13-10-14-22-40/h9-14,19-26,33-36,47-48H,1-8,15-18,27-32H2. The number of para-hydroxylation sites is 2. The maximum atomic E-state index is 10.4. The minimum atomic E-state index is 0.135. The second-order valence-corrected chi connectivity index (χ2v) is 12.8. The summed E-state index contributed by atoms with van der Waals surface area (Å²) >= 11 is 0. The molecule has 0 aliphatic heterocycles. The highest BCUT2D eigenvalue weighted by Crippen LogP contribution is 2.24. The number of phenolic OH excluding ortho intramolecular Hbond substituents is 2. The highest BCUT2D eigenvalue weighted by atomic mass is 16.5. The van der Waals surface area contributed by atoms with Gasteiger partial charge in [0.2, 0.25) is 0 Å². The minimum absolute atomic E-state index is 0.135. The predicted octanol–water partition coefficient (Wildman–Crippen LogP) is 10.2. The largest absolute Gasteiger partial charge is 0.507 e. The van der Waals surface area contributed by atoms with Crippen molar-refractivity contribution >= 4 is 12.4 Å². The van der Waals surface area contributed by atoms with E-state index in [-0.39, 0.29) is 11.5 Å². The molecule has 4 aromatic carbocycles. The fraction of sp³-hybridized carbons (Fsp3) is 0.409. The van der Waals surface area contributed by atoms with Crippen LogP contribution in [0.4, 0.5) is 0 Å². The molecule has 52 heavy (non-hydrogen) atoms. The van der Waals surface area contributed by atoms with Crippen LogP contribution in [-0.2, 0) is 0 Å². The van der Waals surface area contributed by atoms with E-state index in [9.17, 15) is 10.2 Å². The van der Waals surface area contributed by atoms with E-state index in [4.69, 9.17) is 18.9 Å². The number of hydrogen-bond acceptors (Lipinski definition) is 8. The van der Waals surface area contributed by atoms with Crippen molar-refractivity contribution in [3.8, 4) is 34.5 Å². The van der Waals surface area contributed by atoms with Crippen molar-refractivity contribution in [3.63, 3.8) is 0 Å². The molecule has 8 heteroatoms. The van der Waals surface area contributed by atoms with Gasteiger partial charge < -0.3 is 29.2 Å². The molecule has 0 heterocycles. The van der Waals surface area contributed by atoms with Crippen LogP contribution in [0.2, 0.25) is 0 Å². The van der Waals surface area contributed by atoms with Gasteiger partial charge in [-0.25, -0.2) is 0 Å². The molecular formula is C44H56N2O6. The van der Waals surface area contributed by atoms with Crippen molar-refractivity contribution < 1.29 is 29.2 Å². The van der Waals surface area contributed by atoms with E-state index in [2.05, 4.69) is 9.98 Å². The Hall–Kier alpha value is -4.98. The highest BCUT2D eigenvalue weighted by Gasteiger charge is 2.04. The third-order valence-corrected chi connectivity index (χ3v) is 8.46. The Balaban J connectivity index is 0.986. The van der Waals surface area contributed by atoms with Gasteiger partial charge in [-0.15, -0.1) is 0 Å². The summed E-state index contributed by atoms with van der Waals surface area (Å²) in [5.74, 6) is 3.45. The number of unbranched alkanes of at least 4 members (excludes halogenated alkanes) is 10. The van der Waals surface area contributed by atoms with Crippen molar-refractivity contribution in [2.75, 3.05) is 39.5 Å². The zero-order chi connectivity index (χ0) is 36.3. The zero-order valence-electron chi connectivity index (χ0n) is 30.5. The van der Waals surface area contributed by atoms with Crippen LogP contribution in [-0.4, -0.2) is 62.2 Å². The first-order chi connectivity index (χ1) is 25.7. The van der Waals surface area contributed by atoms with E-state index >= 15 is 0 Å². The summed E-state index contributed by atoms with van der Waals surface area (Å²) in [5.41, 5.74) is 1.26. The molecule has 2 N–H and O–H groups in total. The Labute approximate surface area is 310 Å². The van der Waals surface area contributed by atoms with E-state index in [1.165, 1.54) is 38.5 Å². The van der Waals surface area contributed by atoms with Gasteiger partial charge in [-0.1, -0.05) is 87.8 Å². The number of phenols is 2. The lowest BCUT2D eigenvalue weighted by Gasteiger charge is -2.08. The molecule has 0 saturated heterocycles. The van der Waals surface area contributed by atoms with Crippen LogP contribution in [0.15, 0.2) is 107 Å². The molecule has 4 rings (SSSR count). The van der Waals surface area contributed by atoms with Crippen molar-refractivity contribution in [1.29, 1.82) is 0 Å². The molecule has 4 aromatic rings. The van der Waals surface area contributed by atoms with E-state index in [1.807, 2.05) is 84.9 Å². The van der Waals surface area contributed by atoms with Crippen LogP contribution in [0.5, 0.6) is 34.5 Å². The van der Waals surface area contributed by atoms with Gasteiger partial charge in [-0.2, -0.15) is 0 Å². The smallest absolute Gasteiger partial charge is 0.128 e. The number of nitrogens with zero attached hydrogens (tertiary/aromatic N) is 2. The van der Waals surface area contributed by atoms with Crippen molar-refractivity contribution in [3.05, 3.63) is 108 Å². The first kappa shape index (κ1) is 39.8. The molecule has 0 saturated carbocycles. The lowest BCUT2D eigenvalue weighted by atomic mass is 10.1. The number of ether oxygens (including phenoxy) is 4. The topological polar surface area (TPSA) is 102 Å². The quantitative estimate of drug-likeness (QED) is 0.0472. The predicted molar refractivity (Wildman–Crippen MR) is 211 cm³/mol. The van der Waals surface area contributed by atoms with Gasteiger partial charge in [-0.3, -0.25) is 9.98 Å². The van der Waals surface area contributed by atoms with Crippen molar-refractivity contribution in [2.24, 2.45) is 9.98 Å². The van der Waals surface area contributed by atoms with E-state index in [0.717, 1.165) is 63.2 Å². The summed E-state index contributed by atoms with van der Waals surface area (Å²) in [6.07, 6.45) is 16.7. The number of rotatable bonds is 27. The van der Waals surface area contributed by atoms with Crippen LogP contribution in [0, 0.1) is 0 Å². The van der Waals surface area contributed by atoms with Gasteiger partial charge in [0.05, 0.1) is 39.5 Å². The van der Waals surface area contributed by atoms with Gasteiger partial charge in [0.15, 0.2) is 0 Å². The van der Waals surface area contributed by atoms with Gasteiger partial charge in [0.1, 0.15) is 34.5 Å². The normalized spacial score (nSPS) is 11.3. The molecule has 0 atom stereocenters. The lowest BCUT2D eigenvalue weighted by molar-refractivity contribution is 0.296. The van der Waals surface area contributed by atoms with Gasteiger partial charge >= 0.3 is 0 Å². The number of aromatic hydroxyl groups is 2. The second-order valence-electron chi connectivity index (χ2n) is 12.8. The van der Waals surface area contributed by atoms with Gasteiger partial charge in [0, 0.05) is 35.7 Å². The van der Waals surface area contributed by atoms with Gasteiger partial charge in [0.25, 0.3) is 0 Å². The molecule has 0 spiro atoms. The Morgan fingerprint density at radius 1 is 0.385 bits per heavy atom. The SMILES string of the molecule is Oc1cc(OCCCCCCCCOc2ccccc2)ccc1C=NCCN=Cc1ccc(OCCCCCCCCOc2ccccc2)cc1O. The monoisotopic (exact) mass is 708 g/mol. The minimum Gasteiger partial charge on any atom is -0.507 e. The summed E-state index contributed by atoms with van der Waals surface area (Å²) in [7, 11) is 0.